The second-order valence-corrected chi connectivity index (χ2v) is 6.44. The Morgan fingerprint density at radius 2 is 1.69 bits per heavy atom. The topological polar surface area (TPSA) is 17.1 Å². The molecule has 0 aliphatic heterocycles. The largest absolute Gasteiger partial charge is 0.299 e. The molecule has 1 nitrogen and oxygen atoms in total. The van der Waals surface area contributed by atoms with Crippen molar-refractivity contribution in [1.82, 2.24) is 0 Å². The van der Waals surface area contributed by atoms with Gasteiger partial charge >= 0.3 is 0 Å². The number of hydrogen-bond acceptors (Lipinski definition) is 1. The highest BCUT2D eigenvalue weighted by Crippen LogP contribution is 2.68. The van der Waals surface area contributed by atoms with Gasteiger partial charge in [-0.3, -0.25) is 4.79 Å². The van der Waals surface area contributed by atoms with Crippen molar-refractivity contribution < 1.29 is 4.79 Å². The fourth-order valence-corrected chi connectivity index (χ4v) is 2.64. The van der Waals surface area contributed by atoms with Crippen molar-refractivity contribution in [3.63, 3.8) is 0 Å². The van der Waals surface area contributed by atoms with Crippen molar-refractivity contribution in [1.29, 1.82) is 0 Å². The molecule has 1 aliphatic rings. The average molecular weight is 182 g/mol. The van der Waals surface area contributed by atoms with E-state index in [1.165, 1.54) is 0 Å². The van der Waals surface area contributed by atoms with Crippen molar-refractivity contribution >= 4 is 5.78 Å². The molecule has 1 saturated carbocycles. The summed E-state index contributed by atoms with van der Waals surface area (Å²) in [6.07, 6.45) is 2.11. The summed E-state index contributed by atoms with van der Waals surface area (Å²) in [5.41, 5.74) is 0.497. The van der Waals surface area contributed by atoms with Crippen LogP contribution in [0, 0.1) is 16.2 Å². The van der Waals surface area contributed by atoms with Gasteiger partial charge < -0.3 is 0 Å². The summed E-state index contributed by atoms with van der Waals surface area (Å²) in [7, 11) is 0. The van der Waals surface area contributed by atoms with Crippen LogP contribution >= 0.6 is 0 Å². The number of Topliss-reactive ketones (excluding diaryl/α,β-unsaturated/α-hetero) is 1. The molecule has 1 aliphatic carbocycles. The minimum atomic E-state index is -0.00868. The normalized spacial score (nSPS) is 31.5. The first-order valence-electron chi connectivity index (χ1n) is 5.12. The summed E-state index contributed by atoms with van der Waals surface area (Å²) < 4.78 is 0. The molecule has 1 heteroatoms. The van der Waals surface area contributed by atoms with Crippen LogP contribution in [0.5, 0.6) is 0 Å². The smallest absolute Gasteiger partial charge is 0.136 e. The molecule has 13 heavy (non-hydrogen) atoms. The van der Waals surface area contributed by atoms with Gasteiger partial charge in [0.25, 0.3) is 0 Å². The van der Waals surface area contributed by atoms with Crippen molar-refractivity contribution in [3.05, 3.63) is 0 Å². The van der Waals surface area contributed by atoms with Gasteiger partial charge in [-0.05, 0) is 30.6 Å². The molecule has 0 aromatic carbocycles. The van der Waals surface area contributed by atoms with Crippen LogP contribution in [0.3, 0.4) is 0 Å². The molecule has 0 amide bonds. The Bertz CT molecular complexity index is 232. The van der Waals surface area contributed by atoms with E-state index in [1.54, 1.807) is 6.92 Å². The molecule has 0 aromatic rings. The van der Waals surface area contributed by atoms with Gasteiger partial charge in [0.2, 0.25) is 0 Å². The van der Waals surface area contributed by atoms with Gasteiger partial charge in [-0.1, -0.05) is 34.6 Å². The lowest BCUT2D eigenvalue weighted by Crippen LogP contribution is -2.24. The molecule has 0 spiro atoms. The summed E-state index contributed by atoms with van der Waals surface area (Å²) >= 11 is 0. The Labute approximate surface area is 81.9 Å². The maximum atomic E-state index is 11.6. The molecule has 1 rings (SSSR count). The van der Waals surface area contributed by atoms with Gasteiger partial charge in [0.15, 0.2) is 0 Å². The molecular formula is C12H22O. The quantitative estimate of drug-likeness (QED) is 0.639. The maximum absolute atomic E-state index is 11.6. The molecule has 76 valence electrons. The molecule has 1 fully saturated rings. The third-order valence-corrected chi connectivity index (χ3v) is 3.42. The molecule has 0 heterocycles. The first-order valence-corrected chi connectivity index (χ1v) is 5.12. The van der Waals surface area contributed by atoms with E-state index in [-0.39, 0.29) is 16.2 Å². The minimum absolute atomic E-state index is 0.00868. The maximum Gasteiger partial charge on any atom is 0.136 e. The van der Waals surface area contributed by atoms with E-state index >= 15 is 0 Å². The van der Waals surface area contributed by atoms with E-state index in [0.29, 0.717) is 5.78 Å². The first kappa shape index (κ1) is 10.7. The molecule has 0 bridgehead atoms. The molecule has 0 saturated heterocycles. The fraction of sp³-hybridized carbons (Fsp3) is 0.917. The van der Waals surface area contributed by atoms with Crippen LogP contribution in [0.25, 0.3) is 0 Å². The number of carbonyl (C=O) groups is 1. The van der Waals surface area contributed by atoms with Crippen LogP contribution in [0.4, 0.5) is 0 Å². The molecule has 0 aromatic heterocycles. The molecule has 1 unspecified atom stereocenters. The highest BCUT2D eigenvalue weighted by atomic mass is 16.1. The molecule has 0 N–H and O–H groups in total. The van der Waals surface area contributed by atoms with Crippen LogP contribution < -0.4 is 0 Å². The van der Waals surface area contributed by atoms with Crippen molar-refractivity contribution in [2.75, 3.05) is 0 Å². The van der Waals surface area contributed by atoms with E-state index in [0.717, 1.165) is 12.8 Å². The van der Waals surface area contributed by atoms with E-state index in [2.05, 4.69) is 34.6 Å². The van der Waals surface area contributed by atoms with Crippen LogP contribution in [-0.2, 0) is 4.79 Å². The SMILES string of the molecule is CC(=O)C1(CC(C)(C)C)CC1(C)C. The second kappa shape index (κ2) is 2.59. The number of carbonyl (C=O) groups excluding carboxylic acids is 1. The third-order valence-electron chi connectivity index (χ3n) is 3.42. The van der Waals surface area contributed by atoms with Crippen LogP contribution in [0.2, 0.25) is 0 Å². The fourth-order valence-electron chi connectivity index (χ4n) is 2.64. The summed E-state index contributed by atoms with van der Waals surface area (Å²) in [5.74, 6) is 0.382. The zero-order valence-corrected chi connectivity index (χ0v) is 9.82. The number of ketones is 1. The summed E-state index contributed by atoms with van der Waals surface area (Å²) in [6, 6.07) is 0. The third kappa shape index (κ3) is 1.79. The highest BCUT2D eigenvalue weighted by molar-refractivity contribution is 5.86. The van der Waals surface area contributed by atoms with Crippen LogP contribution in [0.15, 0.2) is 0 Å². The predicted octanol–water partition coefficient (Wildman–Crippen LogP) is 3.43. The van der Waals surface area contributed by atoms with Gasteiger partial charge in [0.05, 0.1) is 0 Å². The second-order valence-electron chi connectivity index (χ2n) is 6.44. The lowest BCUT2D eigenvalue weighted by atomic mass is 9.77. The van der Waals surface area contributed by atoms with Crippen molar-refractivity contribution in [2.45, 2.75) is 54.4 Å². The van der Waals surface area contributed by atoms with Gasteiger partial charge in [-0.15, -0.1) is 0 Å². The number of hydrogen-bond donors (Lipinski definition) is 0. The van der Waals surface area contributed by atoms with Gasteiger partial charge in [0.1, 0.15) is 5.78 Å². The van der Waals surface area contributed by atoms with E-state index < -0.39 is 0 Å². The van der Waals surface area contributed by atoms with E-state index in [9.17, 15) is 4.79 Å². The Kier molecular flexibility index (Phi) is 2.14. The lowest BCUT2D eigenvalue weighted by molar-refractivity contribution is -0.124. The lowest BCUT2D eigenvalue weighted by Gasteiger charge is -2.27. The predicted molar refractivity (Wildman–Crippen MR) is 55.6 cm³/mol. The van der Waals surface area contributed by atoms with Crippen molar-refractivity contribution in [3.8, 4) is 0 Å². The zero-order chi connectivity index (χ0) is 10.5. The van der Waals surface area contributed by atoms with Gasteiger partial charge in [-0.25, -0.2) is 0 Å². The summed E-state index contributed by atoms with van der Waals surface area (Å²) in [5, 5.41) is 0. The molecular weight excluding hydrogens is 160 g/mol. The van der Waals surface area contributed by atoms with E-state index in [1.807, 2.05) is 0 Å². The van der Waals surface area contributed by atoms with Crippen LogP contribution in [0.1, 0.15) is 54.4 Å². The Morgan fingerprint density at radius 1 is 1.31 bits per heavy atom. The zero-order valence-electron chi connectivity index (χ0n) is 9.82. The Hall–Kier alpha value is -0.330. The van der Waals surface area contributed by atoms with Gasteiger partial charge in [-0.2, -0.15) is 0 Å². The first-order chi connectivity index (χ1) is 5.61. The Balaban J connectivity index is 2.81. The summed E-state index contributed by atoms with van der Waals surface area (Å²) in [6.45, 7) is 12.8. The molecule has 0 radical (unpaired) electrons. The van der Waals surface area contributed by atoms with Crippen LogP contribution in [-0.4, -0.2) is 5.78 Å². The molecule has 1 atom stereocenters. The average Bonchev–Trinajstić information content (AvgIpc) is 2.30. The number of rotatable bonds is 2. The summed E-state index contributed by atoms with van der Waals surface area (Å²) in [4.78, 5) is 11.6. The highest BCUT2D eigenvalue weighted by Gasteiger charge is 2.64. The van der Waals surface area contributed by atoms with E-state index in [4.69, 9.17) is 0 Å². The minimum Gasteiger partial charge on any atom is -0.299 e. The van der Waals surface area contributed by atoms with Gasteiger partial charge in [0, 0.05) is 5.41 Å². The van der Waals surface area contributed by atoms with Crippen molar-refractivity contribution in [2.24, 2.45) is 16.2 Å². The standard InChI is InChI=1S/C12H22O/c1-9(13)12(7-10(2,3)4)8-11(12,5)6/h7-8H2,1-6H3. The monoisotopic (exact) mass is 182 g/mol. The Morgan fingerprint density at radius 3 is 1.77 bits per heavy atom.